The summed E-state index contributed by atoms with van der Waals surface area (Å²) in [6.07, 6.45) is 6.17. The number of nitrogens with one attached hydrogen (secondary N) is 1. The number of nitrogens with zero attached hydrogens (tertiary/aromatic N) is 2. The number of benzene rings is 1. The zero-order valence-electron chi connectivity index (χ0n) is 12.8. The van der Waals surface area contributed by atoms with Crippen LogP contribution >= 0.6 is 0 Å². The second kappa shape index (κ2) is 8.28. The van der Waals surface area contributed by atoms with E-state index in [9.17, 15) is 14.9 Å². The molecule has 8 heteroatoms. The number of hydrogen-bond acceptors (Lipinski definition) is 6. The van der Waals surface area contributed by atoms with Gasteiger partial charge in [0.1, 0.15) is 5.76 Å². The smallest absolute Gasteiger partial charge is 0.311 e. The Balaban J connectivity index is 1.82. The second-order valence-corrected chi connectivity index (χ2v) is 4.70. The predicted molar refractivity (Wildman–Crippen MR) is 87.7 cm³/mol. The van der Waals surface area contributed by atoms with Crippen molar-refractivity contribution in [1.29, 1.82) is 0 Å². The van der Waals surface area contributed by atoms with Gasteiger partial charge in [-0.05, 0) is 42.8 Å². The van der Waals surface area contributed by atoms with Crippen LogP contribution in [0.3, 0.4) is 0 Å². The van der Waals surface area contributed by atoms with Crippen molar-refractivity contribution in [3.8, 4) is 5.75 Å². The highest BCUT2D eigenvalue weighted by atomic mass is 16.6. The number of allylic oxidation sites excluding steroid dienone is 1. The van der Waals surface area contributed by atoms with Crippen molar-refractivity contribution in [2.24, 2.45) is 5.10 Å². The van der Waals surface area contributed by atoms with Crippen molar-refractivity contribution in [1.82, 2.24) is 5.43 Å². The van der Waals surface area contributed by atoms with Crippen LogP contribution in [0.25, 0.3) is 6.08 Å². The molecule has 24 heavy (non-hydrogen) atoms. The molecule has 0 aliphatic heterocycles. The molecule has 0 bridgehead atoms. The minimum absolute atomic E-state index is 0.0300. The van der Waals surface area contributed by atoms with Crippen molar-refractivity contribution in [3.05, 3.63) is 64.1 Å². The van der Waals surface area contributed by atoms with Crippen molar-refractivity contribution >= 4 is 23.9 Å². The number of furan rings is 1. The Morgan fingerprint density at radius 1 is 1.46 bits per heavy atom. The summed E-state index contributed by atoms with van der Waals surface area (Å²) in [6, 6.07) is 8.02. The van der Waals surface area contributed by atoms with Gasteiger partial charge in [0.25, 0.3) is 5.91 Å². The Bertz CT molecular complexity index is 766. The van der Waals surface area contributed by atoms with Gasteiger partial charge in [0, 0.05) is 12.3 Å². The molecule has 1 aromatic heterocycles. The van der Waals surface area contributed by atoms with Crippen LogP contribution < -0.4 is 10.2 Å². The highest BCUT2D eigenvalue weighted by Crippen LogP contribution is 2.27. The largest absolute Gasteiger partial charge is 0.477 e. The van der Waals surface area contributed by atoms with E-state index in [0.29, 0.717) is 5.76 Å². The molecule has 0 radical (unpaired) electrons. The lowest BCUT2D eigenvalue weighted by molar-refractivity contribution is -0.385. The van der Waals surface area contributed by atoms with Crippen LogP contribution in [0.1, 0.15) is 11.3 Å². The van der Waals surface area contributed by atoms with Crippen molar-refractivity contribution < 1.29 is 18.9 Å². The Kier molecular flexibility index (Phi) is 5.84. The number of carbonyl (C=O) groups excluding carboxylic acids is 1. The maximum atomic E-state index is 11.6. The first kappa shape index (κ1) is 16.9. The van der Waals surface area contributed by atoms with Gasteiger partial charge in [-0.3, -0.25) is 14.9 Å². The molecule has 124 valence electrons. The molecule has 0 atom stereocenters. The lowest BCUT2D eigenvalue weighted by Gasteiger charge is -2.06. The molecule has 0 aliphatic carbocycles. The molecule has 0 spiro atoms. The summed E-state index contributed by atoms with van der Waals surface area (Å²) < 4.78 is 10.2. The number of nitro benzene ring substituents is 1. The first-order valence-corrected chi connectivity index (χ1v) is 6.96. The Hall–Kier alpha value is -3.42. The number of ether oxygens (including phenoxy) is 1. The summed E-state index contributed by atoms with van der Waals surface area (Å²) in [6.45, 7) is 1.34. The van der Waals surface area contributed by atoms with Crippen LogP contribution in [0, 0.1) is 17.0 Å². The van der Waals surface area contributed by atoms with Crippen LogP contribution in [-0.2, 0) is 4.79 Å². The fourth-order valence-corrected chi connectivity index (χ4v) is 1.74. The molecule has 2 aromatic rings. The first-order valence-electron chi connectivity index (χ1n) is 6.96. The molecule has 0 unspecified atom stereocenters. The SMILES string of the molecule is Cc1ccc(OCC(=O)N/N=C\C=C\c2ccco2)c([N+](=O)[O-])c1. The number of carbonyl (C=O) groups is 1. The van der Waals surface area contributed by atoms with E-state index in [1.807, 2.05) is 0 Å². The minimum atomic E-state index is -0.558. The second-order valence-electron chi connectivity index (χ2n) is 4.70. The van der Waals surface area contributed by atoms with Gasteiger partial charge < -0.3 is 9.15 Å². The highest BCUT2D eigenvalue weighted by Gasteiger charge is 2.16. The highest BCUT2D eigenvalue weighted by molar-refractivity contribution is 5.81. The number of aryl methyl sites for hydroxylation is 1. The summed E-state index contributed by atoms with van der Waals surface area (Å²) in [5.74, 6) is 0.151. The molecule has 2 rings (SSSR count). The van der Waals surface area contributed by atoms with Crippen molar-refractivity contribution in [2.75, 3.05) is 6.61 Å². The van der Waals surface area contributed by atoms with Crippen molar-refractivity contribution in [3.63, 3.8) is 0 Å². The Morgan fingerprint density at radius 3 is 3.00 bits per heavy atom. The average molecular weight is 329 g/mol. The molecule has 1 N–H and O–H groups in total. The molecule has 0 fully saturated rings. The van der Waals surface area contributed by atoms with Crippen LogP contribution in [0.4, 0.5) is 5.69 Å². The molecule has 1 heterocycles. The molecule has 8 nitrogen and oxygen atoms in total. The van der Waals surface area contributed by atoms with Crippen LogP contribution in [0.2, 0.25) is 0 Å². The summed E-state index contributed by atoms with van der Waals surface area (Å²) >= 11 is 0. The molecular weight excluding hydrogens is 314 g/mol. The standard InChI is InChI=1S/C16H15N3O5/c1-12-6-7-15(14(10-12)19(21)22)24-11-16(20)18-17-8-2-4-13-5-3-9-23-13/h2-10H,11H2,1H3,(H,18,20)/b4-2+,17-8-. The number of nitro groups is 1. The van der Waals surface area contributed by atoms with Crippen LogP contribution in [-0.4, -0.2) is 23.7 Å². The summed E-state index contributed by atoms with van der Waals surface area (Å²) in [5, 5.41) is 14.6. The zero-order chi connectivity index (χ0) is 17.4. The van der Waals surface area contributed by atoms with E-state index in [0.717, 1.165) is 5.56 Å². The molecule has 1 aromatic carbocycles. The monoisotopic (exact) mass is 329 g/mol. The third-order valence-corrected chi connectivity index (χ3v) is 2.82. The molecule has 0 saturated carbocycles. The molecule has 0 saturated heterocycles. The lowest BCUT2D eigenvalue weighted by atomic mass is 10.2. The minimum Gasteiger partial charge on any atom is -0.477 e. The maximum Gasteiger partial charge on any atom is 0.311 e. The van der Waals surface area contributed by atoms with Crippen LogP contribution in [0.5, 0.6) is 5.75 Å². The third-order valence-electron chi connectivity index (χ3n) is 2.82. The molecule has 0 aliphatic rings. The van der Waals surface area contributed by atoms with Gasteiger partial charge in [0.2, 0.25) is 0 Å². The van der Waals surface area contributed by atoms with Gasteiger partial charge in [-0.1, -0.05) is 6.07 Å². The quantitative estimate of drug-likeness (QED) is 0.477. The first-order chi connectivity index (χ1) is 11.6. The van der Waals surface area contributed by atoms with Gasteiger partial charge in [0.05, 0.1) is 11.2 Å². The van der Waals surface area contributed by atoms with E-state index in [4.69, 9.17) is 9.15 Å². The number of amides is 1. The zero-order valence-corrected chi connectivity index (χ0v) is 12.8. The van der Waals surface area contributed by atoms with Gasteiger partial charge in [-0.2, -0.15) is 5.10 Å². The fraction of sp³-hybridized carbons (Fsp3) is 0.125. The topological polar surface area (TPSA) is 107 Å². The van der Waals surface area contributed by atoms with Crippen molar-refractivity contribution in [2.45, 2.75) is 6.92 Å². The van der Waals surface area contributed by atoms with Gasteiger partial charge in [-0.25, -0.2) is 5.43 Å². The van der Waals surface area contributed by atoms with E-state index in [1.165, 1.54) is 18.3 Å². The number of rotatable bonds is 7. The van der Waals surface area contributed by atoms with E-state index < -0.39 is 10.8 Å². The Labute approximate surface area is 137 Å². The van der Waals surface area contributed by atoms with Gasteiger partial charge >= 0.3 is 5.69 Å². The number of hydrazone groups is 1. The maximum absolute atomic E-state index is 11.6. The van der Waals surface area contributed by atoms with Crippen LogP contribution in [0.15, 0.2) is 52.2 Å². The Morgan fingerprint density at radius 2 is 2.29 bits per heavy atom. The molecular formula is C16H15N3O5. The van der Waals surface area contributed by atoms with E-state index >= 15 is 0 Å². The van der Waals surface area contributed by atoms with Gasteiger partial charge in [0.15, 0.2) is 12.4 Å². The normalized spacial score (nSPS) is 11.0. The fourth-order valence-electron chi connectivity index (χ4n) is 1.74. The summed E-state index contributed by atoms with van der Waals surface area (Å²) in [4.78, 5) is 22.0. The number of hydrogen-bond donors (Lipinski definition) is 1. The van der Waals surface area contributed by atoms with E-state index in [-0.39, 0.29) is 18.0 Å². The summed E-state index contributed by atoms with van der Waals surface area (Å²) in [5.41, 5.74) is 2.79. The average Bonchev–Trinajstić information content (AvgIpc) is 3.06. The van der Waals surface area contributed by atoms with E-state index in [1.54, 1.807) is 43.5 Å². The third kappa shape index (κ3) is 5.09. The van der Waals surface area contributed by atoms with E-state index in [2.05, 4.69) is 10.5 Å². The summed E-state index contributed by atoms with van der Waals surface area (Å²) in [7, 11) is 0. The predicted octanol–water partition coefficient (Wildman–Crippen LogP) is 2.69. The molecule has 1 amide bonds. The lowest BCUT2D eigenvalue weighted by Crippen LogP contribution is -2.24. The van der Waals surface area contributed by atoms with Gasteiger partial charge in [-0.15, -0.1) is 0 Å².